The van der Waals surface area contributed by atoms with Crippen LogP contribution in [-0.4, -0.2) is 67.0 Å². The summed E-state index contributed by atoms with van der Waals surface area (Å²) in [7, 11) is 1.60. The summed E-state index contributed by atoms with van der Waals surface area (Å²) in [5.41, 5.74) is 0. The van der Waals surface area contributed by atoms with E-state index in [1.807, 2.05) is 0 Å². The molecule has 1 aliphatic rings. The number of ether oxygens (including phenoxy) is 3. The summed E-state index contributed by atoms with van der Waals surface area (Å²) in [6, 6.07) is -0.604. The van der Waals surface area contributed by atoms with Crippen molar-refractivity contribution < 1.29 is 34.0 Å². The second kappa shape index (κ2) is 6.17. The van der Waals surface area contributed by atoms with Crippen molar-refractivity contribution in [3.8, 4) is 0 Å². The SMILES string of the molecule is B[C@H]1O[C@H](COC(C)=O)[C@H](O)[C@H](O)[C@H]1OC(C)=O. The minimum atomic E-state index is -1.29. The number of hydrogen-bond donors (Lipinski definition) is 2. The summed E-state index contributed by atoms with van der Waals surface area (Å²) in [5, 5.41) is 19.6. The predicted molar refractivity (Wildman–Crippen MR) is 61.4 cm³/mol. The standard InChI is InChI=1S/C10H17BO7/c1-4(12)16-3-6-7(14)8(15)9(10(11)18-6)17-5(2)13/h6-10,14-15H,3,11H2,1-2H3/t6-,7+,8+,9-,10+/m1/s1. The molecule has 1 saturated heterocycles. The second-order valence-corrected chi connectivity index (χ2v) is 4.24. The number of aliphatic hydroxyl groups excluding tert-OH is 2. The Bertz CT molecular complexity index is 319. The van der Waals surface area contributed by atoms with E-state index >= 15 is 0 Å². The van der Waals surface area contributed by atoms with Crippen LogP contribution in [0.1, 0.15) is 13.8 Å². The maximum atomic E-state index is 10.9. The van der Waals surface area contributed by atoms with Crippen molar-refractivity contribution in [3.63, 3.8) is 0 Å². The van der Waals surface area contributed by atoms with Crippen LogP contribution in [-0.2, 0) is 23.8 Å². The van der Waals surface area contributed by atoms with E-state index in [0.29, 0.717) is 0 Å². The molecule has 0 amide bonds. The van der Waals surface area contributed by atoms with Crippen LogP contribution < -0.4 is 0 Å². The van der Waals surface area contributed by atoms with E-state index in [1.54, 1.807) is 7.85 Å². The molecule has 102 valence electrons. The zero-order valence-electron chi connectivity index (χ0n) is 10.5. The van der Waals surface area contributed by atoms with Gasteiger partial charge in [0.25, 0.3) is 0 Å². The molecule has 7 nitrogen and oxygen atoms in total. The molecule has 8 heteroatoms. The minimum Gasteiger partial charge on any atom is -0.463 e. The molecular weight excluding hydrogens is 243 g/mol. The Morgan fingerprint density at radius 3 is 2.33 bits per heavy atom. The summed E-state index contributed by atoms with van der Waals surface area (Å²) in [4.78, 5) is 21.5. The molecule has 0 aromatic carbocycles. The normalized spacial score (nSPS) is 35.9. The first-order valence-electron chi connectivity index (χ1n) is 5.65. The lowest BCUT2D eigenvalue weighted by Crippen LogP contribution is -2.60. The third-order valence-corrected chi connectivity index (χ3v) is 2.67. The van der Waals surface area contributed by atoms with Crippen molar-refractivity contribution in [2.24, 2.45) is 0 Å². The first-order valence-corrected chi connectivity index (χ1v) is 5.65. The Labute approximate surface area is 105 Å². The lowest BCUT2D eigenvalue weighted by Gasteiger charge is -2.40. The van der Waals surface area contributed by atoms with E-state index in [2.05, 4.69) is 0 Å². The molecule has 0 bridgehead atoms. The molecule has 0 unspecified atom stereocenters. The van der Waals surface area contributed by atoms with Crippen LogP contribution in [0, 0.1) is 0 Å². The maximum Gasteiger partial charge on any atom is 0.303 e. The van der Waals surface area contributed by atoms with Crippen molar-refractivity contribution in [1.29, 1.82) is 0 Å². The fourth-order valence-electron chi connectivity index (χ4n) is 1.82. The van der Waals surface area contributed by atoms with E-state index in [0.717, 1.165) is 0 Å². The summed E-state index contributed by atoms with van der Waals surface area (Å²) in [6.07, 6.45) is -4.35. The fraction of sp³-hybridized carbons (Fsp3) is 0.800. The van der Waals surface area contributed by atoms with Gasteiger partial charge in [-0.2, -0.15) is 0 Å². The van der Waals surface area contributed by atoms with Gasteiger partial charge in [0, 0.05) is 13.8 Å². The number of esters is 2. The molecular formula is C10H17BO7. The molecule has 0 spiro atoms. The predicted octanol–water partition coefficient (Wildman–Crippen LogP) is -2.44. The Hall–Kier alpha value is -1.12. The topological polar surface area (TPSA) is 102 Å². The van der Waals surface area contributed by atoms with Gasteiger partial charge in [0.05, 0.1) is 6.00 Å². The molecule has 1 rings (SSSR count). The Morgan fingerprint density at radius 2 is 1.83 bits per heavy atom. The monoisotopic (exact) mass is 260 g/mol. The third kappa shape index (κ3) is 3.69. The smallest absolute Gasteiger partial charge is 0.303 e. The lowest BCUT2D eigenvalue weighted by molar-refractivity contribution is -0.222. The van der Waals surface area contributed by atoms with Crippen LogP contribution in [0.4, 0.5) is 0 Å². The van der Waals surface area contributed by atoms with Gasteiger partial charge >= 0.3 is 11.9 Å². The highest BCUT2D eigenvalue weighted by Crippen LogP contribution is 2.22. The van der Waals surface area contributed by atoms with E-state index in [4.69, 9.17) is 14.2 Å². The summed E-state index contributed by atoms with van der Waals surface area (Å²) >= 11 is 0. The maximum absolute atomic E-state index is 10.9. The van der Waals surface area contributed by atoms with Gasteiger partial charge in [0.2, 0.25) is 0 Å². The average molecular weight is 260 g/mol. The van der Waals surface area contributed by atoms with E-state index in [1.165, 1.54) is 13.8 Å². The van der Waals surface area contributed by atoms with Gasteiger partial charge < -0.3 is 24.4 Å². The highest BCUT2D eigenvalue weighted by molar-refractivity contribution is 6.11. The van der Waals surface area contributed by atoms with Gasteiger partial charge in [-0.05, 0) is 0 Å². The van der Waals surface area contributed by atoms with Crippen molar-refractivity contribution in [2.75, 3.05) is 6.61 Å². The number of aliphatic hydroxyl groups is 2. The molecule has 18 heavy (non-hydrogen) atoms. The Kier molecular flexibility index (Phi) is 5.12. The van der Waals surface area contributed by atoms with E-state index in [9.17, 15) is 19.8 Å². The minimum absolute atomic E-state index is 0.162. The van der Waals surface area contributed by atoms with E-state index < -0.39 is 42.4 Å². The molecule has 1 aliphatic heterocycles. The molecule has 0 saturated carbocycles. The van der Waals surface area contributed by atoms with Gasteiger partial charge in [0.15, 0.2) is 0 Å². The van der Waals surface area contributed by atoms with Gasteiger partial charge in [-0.1, -0.05) is 0 Å². The quantitative estimate of drug-likeness (QED) is 0.429. The highest BCUT2D eigenvalue weighted by atomic mass is 16.6. The van der Waals surface area contributed by atoms with E-state index in [-0.39, 0.29) is 6.61 Å². The van der Waals surface area contributed by atoms with Crippen molar-refractivity contribution in [3.05, 3.63) is 0 Å². The summed E-state index contributed by atoms with van der Waals surface area (Å²) in [6.45, 7) is 2.28. The first kappa shape index (κ1) is 14.9. The highest BCUT2D eigenvalue weighted by Gasteiger charge is 2.44. The largest absolute Gasteiger partial charge is 0.463 e. The molecule has 0 aliphatic carbocycles. The molecule has 0 radical (unpaired) electrons. The number of rotatable bonds is 3. The number of hydrogen-bond acceptors (Lipinski definition) is 7. The molecule has 0 aromatic heterocycles. The summed E-state index contributed by atoms with van der Waals surface area (Å²) in [5.74, 6) is -1.07. The van der Waals surface area contributed by atoms with Crippen molar-refractivity contribution in [1.82, 2.24) is 0 Å². The average Bonchev–Trinajstić information content (AvgIpc) is 2.27. The van der Waals surface area contributed by atoms with Gasteiger partial charge in [0.1, 0.15) is 38.9 Å². The van der Waals surface area contributed by atoms with Crippen LogP contribution in [0.2, 0.25) is 0 Å². The number of carbonyl (C=O) groups excluding carboxylic acids is 2. The van der Waals surface area contributed by atoms with Crippen LogP contribution >= 0.6 is 0 Å². The van der Waals surface area contributed by atoms with Crippen LogP contribution in [0.15, 0.2) is 0 Å². The van der Waals surface area contributed by atoms with Crippen LogP contribution in [0.25, 0.3) is 0 Å². The van der Waals surface area contributed by atoms with Gasteiger partial charge in [-0.25, -0.2) is 0 Å². The molecule has 5 atom stereocenters. The van der Waals surface area contributed by atoms with Crippen LogP contribution in [0.3, 0.4) is 0 Å². The Balaban J connectivity index is 2.64. The van der Waals surface area contributed by atoms with Crippen LogP contribution in [0.5, 0.6) is 0 Å². The van der Waals surface area contributed by atoms with Gasteiger partial charge in [-0.3, -0.25) is 9.59 Å². The summed E-state index contributed by atoms with van der Waals surface area (Å²) < 4.78 is 15.0. The lowest BCUT2D eigenvalue weighted by atomic mass is 9.84. The second-order valence-electron chi connectivity index (χ2n) is 4.24. The Morgan fingerprint density at radius 1 is 1.22 bits per heavy atom. The first-order chi connectivity index (χ1) is 8.32. The fourth-order valence-corrected chi connectivity index (χ4v) is 1.82. The molecule has 2 N–H and O–H groups in total. The third-order valence-electron chi connectivity index (χ3n) is 2.67. The van der Waals surface area contributed by atoms with Gasteiger partial charge in [-0.15, -0.1) is 0 Å². The van der Waals surface area contributed by atoms with Crippen molar-refractivity contribution in [2.45, 2.75) is 44.3 Å². The molecule has 1 fully saturated rings. The molecule has 1 heterocycles. The molecule has 0 aromatic rings. The number of carbonyl (C=O) groups is 2. The zero-order valence-corrected chi connectivity index (χ0v) is 10.5. The zero-order chi connectivity index (χ0) is 13.9. The van der Waals surface area contributed by atoms with Crippen molar-refractivity contribution >= 4 is 19.8 Å².